The molecule has 0 spiro atoms. The molecule has 4 nitrogen and oxygen atoms in total. The van der Waals surface area contributed by atoms with Crippen LogP contribution in [0.1, 0.15) is 57.7 Å². The molecule has 0 aromatic carbocycles. The minimum absolute atomic E-state index is 0.462. The van der Waals surface area contributed by atoms with Crippen LogP contribution in [-0.2, 0) is 12.0 Å². The summed E-state index contributed by atoms with van der Waals surface area (Å²) in [7, 11) is 0. The van der Waals surface area contributed by atoms with Gasteiger partial charge in [0.15, 0.2) is 5.82 Å². The molecular formula is C14H23N3O. The topological polar surface area (TPSA) is 64.9 Å². The Morgan fingerprint density at radius 2 is 2.22 bits per heavy atom. The van der Waals surface area contributed by atoms with Crippen molar-refractivity contribution in [3.63, 3.8) is 0 Å². The largest absolute Gasteiger partial charge is 0.339 e. The summed E-state index contributed by atoms with van der Waals surface area (Å²) in [5, 5.41) is 4.05. The maximum atomic E-state index is 6.13. The van der Waals surface area contributed by atoms with E-state index in [1.807, 2.05) is 13.8 Å². The van der Waals surface area contributed by atoms with Gasteiger partial charge in [0, 0.05) is 6.42 Å². The molecule has 2 bridgehead atoms. The van der Waals surface area contributed by atoms with Gasteiger partial charge in [0.1, 0.15) is 0 Å². The van der Waals surface area contributed by atoms with Crippen molar-refractivity contribution in [2.24, 2.45) is 23.5 Å². The number of rotatable bonds is 4. The highest BCUT2D eigenvalue weighted by molar-refractivity contribution is 5.02. The third kappa shape index (κ3) is 2.07. The van der Waals surface area contributed by atoms with E-state index >= 15 is 0 Å². The standard InChI is InChI=1S/C14H23N3O/c1-3-14(2,15)13-16-12(18-17-13)8-11-7-9-4-5-10(11)6-9/h9-11H,3-8,15H2,1-2H3. The molecule has 2 aliphatic rings. The summed E-state index contributed by atoms with van der Waals surface area (Å²) in [5.74, 6) is 4.08. The highest BCUT2D eigenvalue weighted by atomic mass is 16.5. The Hall–Kier alpha value is -0.900. The monoisotopic (exact) mass is 249 g/mol. The summed E-state index contributed by atoms with van der Waals surface area (Å²) < 4.78 is 5.38. The zero-order valence-corrected chi connectivity index (χ0v) is 11.4. The minimum Gasteiger partial charge on any atom is -0.339 e. The van der Waals surface area contributed by atoms with E-state index < -0.39 is 5.54 Å². The first-order valence-corrected chi connectivity index (χ1v) is 7.20. The van der Waals surface area contributed by atoms with Crippen LogP contribution in [0.4, 0.5) is 0 Å². The van der Waals surface area contributed by atoms with Crippen molar-refractivity contribution < 1.29 is 4.52 Å². The van der Waals surface area contributed by atoms with Gasteiger partial charge in [-0.1, -0.05) is 18.5 Å². The lowest BCUT2D eigenvalue weighted by Gasteiger charge is -2.19. The van der Waals surface area contributed by atoms with Crippen LogP contribution < -0.4 is 5.73 Å². The number of nitrogens with two attached hydrogens (primary N) is 1. The second-order valence-electron chi connectivity index (χ2n) is 6.42. The molecule has 2 saturated carbocycles. The van der Waals surface area contributed by atoms with Gasteiger partial charge in [0.2, 0.25) is 5.89 Å². The second kappa shape index (κ2) is 4.34. The third-order valence-corrected chi connectivity index (χ3v) is 5.03. The van der Waals surface area contributed by atoms with Gasteiger partial charge in [-0.2, -0.15) is 4.98 Å². The predicted octanol–water partition coefficient (Wildman–Crippen LogP) is 2.63. The van der Waals surface area contributed by atoms with Crippen LogP contribution in [-0.4, -0.2) is 10.1 Å². The van der Waals surface area contributed by atoms with Gasteiger partial charge < -0.3 is 10.3 Å². The molecule has 1 heterocycles. The van der Waals surface area contributed by atoms with Crippen molar-refractivity contribution in [1.82, 2.24) is 10.1 Å². The molecule has 18 heavy (non-hydrogen) atoms. The third-order valence-electron chi connectivity index (χ3n) is 5.03. The highest BCUT2D eigenvalue weighted by Crippen LogP contribution is 2.49. The quantitative estimate of drug-likeness (QED) is 0.891. The molecule has 2 aliphatic carbocycles. The van der Waals surface area contributed by atoms with Crippen LogP contribution >= 0.6 is 0 Å². The maximum Gasteiger partial charge on any atom is 0.227 e. The van der Waals surface area contributed by atoms with Crippen molar-refractivity contribution >= 4 is 0 Å². The van der Waals surface area contributed by atoms with Crippen LogP contribution in [0, 0.1) is 17.8 Å². The number of fused-ring (bicyclic) bond motifs is 2. The van der Waals surface area contributed by atoms with Gasteiger partial charge >= 0.3 is 0 Å². The molecule has 100 valence electrons. The zero-order valence-electron chi connectivity index (χ0n) is 11.4. The SMILES string of the molecule is CCC(C)(N)c1noc(CC2CC3CCC2C3)n1. The van der Waals surface area contributed by atoms with E-state index in [4.69, 9.17) is 10.3 Å². The molecule has 1 aromatic heterocycles. The number of hydrogen-bond donors (Lipinski definition) is 1. The fraction of sp³-hybridized carbons (Fsp3) is 0.857. The Bertz CT molecular complexity index is 426. The molecule has 2 fully saturated rings. The van der Waals surface area contributed by atoms with Crippen LogP contribution in [0.25, 0.3) is 0 Å². The van der Waals surface area contributed by atoms with E-state index in [0.717, 1.165) is 36.5 Å². The molecule has 1 aromatic rings. The van der Waals surface area contributed by atoms with Crippen LogP contribution in [0.2, 0.25) is 0 Å². The molecule has 4 atom stereocenters. The van der Waals surface area contributed by atoms with Crippen molar-refractivity contribution in [2.45, 2.75) is 57.9 Å². The lowest BCUT2D eigenvalue weighted by Crippen LogP contribution is -2.33. The van der Waals surface area contributed by atoms with Crippen LogP contribution in [0.3, 0.4) is 0 Å². The first-order valence-electron chi connectivity index (χ1n) is 7.20. The van der Waals surface area contributed by atoms with E-state index in [2.05, 4.69) is 10.1 Å². The molecular weight excluding hydrogens is 226 g/mol. The number of hydrogen-bond acceptors (Lipinski definition) is 4. The summed E-state index contributed by atoms with van der Waals surface area (Å²) in [6, 6.07) is 0. The summed E-state index contributed by atoms with van der Waals surface area (Å²) in [6.45, 7) is 4.01. The first kappa shape index (κ1) is 12.2. The summed E-state index contributed by atoms with van der Waals surface area (Å²) in [5.41, 5.74) is 5.67. The number of aromatic nitrogens is 2. The van der Waals surface area contributed by atoms with Gasteiger partial charge in [0.25, 0.3) is 0 Å². The predicted molar refractivity (Wildman–Crippen MR) is 68.8 cm³/mol. The smallest absolute Gasteiger partial charge is 0.227 e. The van der Waals surface area contributed by atoms with Crippen molar-refractivity contribution in [2.75, 3.05) is 0 Å². The van der Waals surface area contributed by atoms with E-state index in [1.54, 1.807) is 0 Å². The Morgan fingerprint density at radius 3 is 2.83 bits per heavy atom. The summed E-state index contributed by atoms with van der Waals surface area (Å²) in [4.78, 5) is 4.50. The lowest BCUT2D eigenvalue weighted by atomic mass is 9.86. The molecule has 2 N–H and O–H groups in total. The van der Waals surface area contributed by atoms with Gasteiger partial charge in [-0.05, 0) is 50.4 Å². The minimum atomic E-state index is -0.462. The maximum absolute atomic E-state index is 6.13. The van der Waals surface area contributed by atoms with Gasteiger partial charge in [-0.3, -0.25) is 0 Å². The van der Waals surface area contributed by atoms with Crippen molar-refractivity contribution in [3.05, 3.63) is 11.7 Å². The van der Waals surface area contributed by atoms with Gasteiger partial charge in [-0.15, -0.1) is 0 Å². The van der Waals surface area contributed by atoms with E-state index in [1.165, 1.54) is 25.7 Å². The lowest BCUT2D eigenvalue weighted by molar-refractivity contribution is 0.285. The highest BCUT2D eigenvalue weighted by Gasteiger charge is 2.40. The van der Waals surface area contributed by atoms with E-state index in [0.29, 0.717) is 5.82 Å². The summed E-state index contributed by atoms with van der Waals surface area (Å²) >= 11 is 0. The Labute approximate surface area is 108 Å². The van der Waals surface area contributed by atoms with E-state index in [9.17, 15) is 0 Å². The molecule has 0 radical (unpaired) electrons. The number of nitrogens with zero attached hydrogens (tertiary/aromatic N) is 2. The van der Waals surface area contributed by atoms with Crippen molar-refractivity contribution in [3.8, 4) is 0 Å². The van der Waals surface area contributed by atoms with Crippen LogP contribution in [0.15, 0.2) is 4.52 Å². The fourth-order valence-corrected chi connectivity index (χ4v) is 3.58. The fourth-order valence-electron chi connectivity index (χ4n) is 3.58. The molecule has 4 unspecified atom stereocenters. The Kier molecular flexibility index (Phi) is 2.93. The van der Waals surface area contributed by atoms with Gasteiger partial charge in [-0.25, -0.2) is 0 Å². The van der Waals surface area contributed by atoms with Gasteiger partial charge in [0.05, 0.1) is 5.54 Å². The molecule has 0 aliphatic heterocycles. The van der Waals surface area contributed by atoms with Crippen LogP contribution in [0.5, 0.6) is 0 Å². The molecule has 3 rings (SSSR count). The normalized spacial score (nSPS) is 33.8. The second-order valence-corrected chi connectivity index (χ2v) is 6.42. The first-order chi connectivity index (χ1) is 8.58. The Morgan fingerprint density at radius 1 is 1.39 bits per heavy atom. The van der Waals surface area contributed by atoms with Crippen molar-refractivity contribution in [1.29, 1.82) is 0 Å². The van der Waals surface area contributed by atoms with E-state index in [-0.39, 0.29) is 0 Å². The zero-order chi connectivity index (χ0) is 12.8. The summed E-state index contributed by atoms with van der Waals surface area (Å²) in [6.07, 6.45) is 7.40. The molecule has 0 saturated heterocycles. The Balaban J connectivity index is 1.67. The average molecular weight is 249 g/mol. The molecule has 4 heteroatoms. The molecule has 0 amide bonds. The average Bonchev–Trinajstić information content (AvgIpc) is 3.04.